The van der Waals surface area contributed by atoms with Gasteiger partial charge in [-0.1, -0.05) is 29.8 Å². The van der Waals surface area contributed by atoms with E-state index >= 15 is 0 Å². The van der Waals surface area contributed by atoms with Gasteiger partial charge in [0.25, 0.3) is 0 Å². The van der Waals surface area contributed by atoms with Crippen LogP contribution in [0.1, 0.15) is 5.56 Å². The first kappa shape index (κ1) is 13.8. The fourth-order valence-electron chi connectivity index (χ4n) is 2.19. The summed E-state index contributed by atoms with van der Waals surface area (Å²) in [5.41, 5.74) is -0.736. The third-order valence-corrected chi connectivity index (χ3v) is 3.34. The van der Waals surface area contributed by atoms with Crippen molar-refractivity contribution < 1.29 is 18.3 Å². The summed E-state index contributed by atoms with van der Waals surface area (Å²) in [5.74, 6) is -0.121. The average molecular weight is 313 g/mol. The Morgan fingerprint density at radius 1 is 1.10 bits per heavy atom. The Bertz CT molecular complexity index is 827. The van der Waals surface area contributed by atoms with Crippen LogP contribution in [0.5, 0.6) is 5.75 Å². The van der Waals surface area contributed by atoms with Gasteiger partial charge in [0.05, 0.1) is 5.56 Å². The molecule has 2 heterocycles. The normalized spacial score (nSPS) is 12.0. The average Bonchev–Trinajstić information content (AvgIpc) is 2.76. The summed E-state index contributed by atoms with van der Waals surface area (Å²) in [6.45, 7) is 0. The molecule has 0 aliphatic carbocycles. The van der Waals surface area contributed by atoms with Gasteiger partial charge >= 0.3 is 6.18 Å². The minimum absolute atomic E-state index is 0.0267. The molecule has 3 aromatic rings. The van der Waals surface area contributed by atoms with E-state index < -0.39 is 11.7 Å². The number of aromatic nitrogens is 2. The maximum Gasteiger partial charge on any atom is 0.417 e. The van der Waals surface area contributed by atoms with Gasteiger partial charge in [-0.3, -0.25) is 4.40 Å². The Morgan fingerprint density at radius 3 is 2.52 bits per heavy atom. The topological polar surface area (TPSA) is 37.5 Å². The van der Waals surface area contributed by atoms with E-state index in [-0.39, 0.29) is 27.8 Å². The highest BCUT2D eigenvalue weighted by Crippen LogP contribution is 2.38. The molecule has 0 saturated heterocycles. The minimum Gasteiger partial charge on any atom is -0.506 e. The minimum atomic E-state index is -4.51. The van der Waals surface area contributed by atoms with Gasteiger partial charge in [-0.2, -0.15) is 13.2 Å². The standard InChI is InChI=1S/C14H8ClF3N2O/c15-12-11-10(21)6-3-7-20(11)13(19-12)8-4-1-2-5-9(8)14(16,17)18/h1-7,21H. The molecule has 2 aromatic heterocycles. The van der Waals surface area contributed by atoms with Crippen LogP contribution in [0.25, 0.3) is 16.9 Å². The maximum absolute atomic E-state index is 13.1. The van der Waals surface area contributed by atoms with Crippen LogP contribution in [0.4, 0.5) is 13.2 Å². The monoisotopic (exact) mass is 312 g/mol. The van der Waals surface area contributed by atoms with Gasteiger partial charge in [0.1, 0.15) is 17.1 Å². The Hall–Kier alpha value is -2.21. The number of benzene rings is 1. The van der Waals surface area contributed by atoms with Crippen molar-refractivity contribution in [2.24, 2.45) is 0 Å². The van der Waals surface area contributed by atoms with E-state index in [1.165, 1.54) is 40.9 Å². The maximum atomic E-state index is 13.1. The van der Waals surface area contributed by atoms with E-state index in [0.717, 1.165) is 6.07 Å². The first-order valence-corrected chi connectivity index (χ1v) is 6.29. The van der Waals surface area contributed by atoms with E-state index in [0.29, 0.717) is 0 Å². The van der Waals surface area contributed by atoms with Crippen LogP contribution in [0.15, 0.2) is 42.6 Å². The largest absolute Gasteiger partial charge is 0.506 e. The molecule has 21 heavy (non-hydrogen) atoms. The molecule has 0 atom stereocenters. The molecule has 1 aromatic carbocycles. The van der Waals surface area contributed by atoms with E-state index in [4.69, 9.17) is 11.6 Å². The van der Waals surface area contributed by atoms with E-state index in [2.05, 4.69) is 4.98 Å². The van der Waals surface area contributed by atoms with Crippen molar-refractivity contribution in [3.63, 3.8) is 0 Å². The van der Waals surface area contributed by atoms with Gasteiger partial charge in [0, 0.05) is 11.8 Å². The smallest absolute Gasteiger partial charge is 0.417 e. The van der Waals surface area contributed by atoms with Crippen LogP contribution in [-0.4, -0.2) is 14.5 Å². The first-order valence-electron chi connectivity index (χ1n) is 5.91. The molecule has 0 spiro atoms. The van der Waals surface area contributed by atoms with E-state index in [1.807, 2.05) is 0 Å². The quantitative estimate of drug-likeness (QED) is 0.724. The highest BCUT2D eigenvalue weighted by atomic mass is 35.5. The zero-order valence-electron chi connectivity index (χ0n) is 10.4. The van der Waals surface area contributed by atoms with Gasteiger partial charge in [-0.25, -0.2) is 4.98 Å². The summed E-state index contributed by atoms with van der Waals surface area (Å²) in [6.07, 6.45) is -3.01. The summed E-state index contributed by atoms with van der Waals surface area (Å²) in [7, 11) is 0. The van der Waals surface area contributed by atoms with Crippen molar-refractivity contribution in [3.05, 3.63) is 53.3 Å². The van der Waals surface area contributed by atoms with Gasteiger partial charge in [-0.15, -0.1) is 0 Å². The molecule has 108 valence electrons. The van der Waals surface area contributed by atoms with Crippen molar-refractivity contribution in [2.45, 2.75) is 6.18 Å². The zero-order chi connectivity index (χ0) is 15.2. The lowest BCUT2D eigenvalue weighted by molar-refractivity contribution is -0.137. The molecule has 1 N–H and O–H groups in total. The number of hydrogen-bond donors (Lipinski definition) is 1. The van der Waals surface area contributed by atoms with Gasteiger partial charge in [-0.05, 0) is 18.2 Å². The predicted octanol–water partition coefficient (Wildman–Crippen LogP) is 4.38. The molecular formula is C14H8ClF3N2O. The van der Waals surface area contributed by atoms with E-state index in [9.17, 15) is 18.3 Å². The second-order valence-corrected chi connectivity index (χ2v) is 4.74. The van der Waals surface area contributed by atoms with Crippen molar-refractivity contribution in [1.29, 1.82) is 0 Å². The number of pyridine rings is 1. The fraction of sp³-hybridized carbons (Fsp3) is 0.0714. The summed E-state index contributed by atoms with van der Waals surface area (Å²) in [6, 6.07) is 7.98. The number of nitrogens with zero attached hydrogens (tertiary/aromatic N) is 2. The van der Waals surface area contributed by atoms with Crippen molar-refractivity contribution in [1.82, 2.24) is 9.38 Å². The molecule has 0 amide bonds. The Morgan fingerprint density at radius 2 is 1.81 bits per heavy atom. The van der Waals surface area contributed by atoms with Crippen LogP contribution in [0.2, 0.25) is 5.15 Å². The molecule has 0 fully saturated rings. The molecule has 3 rings (SSSR count). The molecular weight excluding hydrogens is 305 g/mol. The second-order valence-electron chi connectivity index (χ2n) is 4.38. The number of imidazole rings is 1. The number of fused-ring (bicyclic) bond motifs is 1. The second kappa shape index (κ2) is 4.66. The van der Waals surface area contributed by atoms with Crippen molar-refractivity contribution in [3.8, 4) is 17.1 Å². The van der Waals surface area contributed by atoms with Crippen LogP contribution < -0.4 is 0 Å². The zero-order valence-corrected chi connectivity index (χ0v) is 11.2. The molecule has 0 aliphatic rings. The first-order chi connectivity index (χ1) is 9.89. The van der Waals surface area contributed by atoms with Crippen LogP contribution in [0.3, 0.4) is 0 Å². The van der Waals surface area contributed by atoms with Gasteiger partial charge in [0.15, 0.2) is 5.15 Å². The number of alkyl halides is 3. The van der Waals surface area contributed by atoms with E-state index in [1.54, 1.807) is 0 Å². The highest BCUT2D eigenvalue weighted by molar-refractivity contribution is 6.33. The summed E-state index contributed by atoms with van der Waals surface area (Å²) < 4.78 is 40.6. The molecule has 0 radical (unpaired) electrons. The SMILES string of the molecule is Oc1cccn2c(-c3ccccc3C(F)(F)F)nc(Cl)c12. The third kappa shape index (κ3) is 2.21. The number of halogens is 4. The molecule has 0 saturated carbocycles. The molecule has 7 heteroatoms. The lowest BCUT2D eigenvalue weighted by Crippen LogP contribution is -2.07. The fourth-order valence-corrected chi connectivity index (χ4v) is 2.46. The molecule has 0 bridgehead atoms. The van der Waals surface area contributed by atoms with Crippen molar-refractivity contribution in [2.75, 3.05) is 0 Å². The Balaban J connectivity index is 2.35. The number of hydrogen-bond acceptors (Lipinski definition) is 2. The summed E-state index contributed by atoms with van der Waals surface area (Å²) in [4.78, 5) is 3.96. The predicted molar refractivity (Wildman–Crippen MR) is 72.3 cm³/mol. The summed E-state index contributed by atoms with van der Waals surface area (Å²) >= 11 is 5.93. The molecule has 3 nitrogen and oxygen atoms in total. The van der Waals surface area contributed by atoms with Crippen LogP contribution >= 0.6 is 11.6 Å². The number of rotatable bonds is 1. The highest BCUT2D eigenvalue weighted by Gasteiger charge is 2.34. The Kier molecular flexibility index (Phi) is 3.06. The van der Waals surface area contributed by atoms with Crippen LogP contribution in [-0.2, 0) is 6.18 Å². The van der Waals surface area contributed by atoms with Gasteiger partial charge in [0.2, 0.25) is 0 Å². The molecule has 0 unspecified atom stereocenters. The number of aromatic hydroxyl groups is 1. The van der Waals surface area contributed by atoms with Gasteiger partial charge < -0.3 is 5.11 Å². The van der Waals surface area contributed by atoms with Crippen LogP contribution in [0, 0.1) is 0 Å². The van der Waals surface area contributed by atoms with Crippen molar-refractivity contribution >= 4 is 17.1 Å². The summed E-state index contributed by atoms with van der Waals surface area (Å²) in [5, 5.41) is 9.72. The Labute approximate surface area is 122 Å². The lowest BCUT2D eigenvalue weighted by atomic mass is 10.1. The lowest BCUT2D eigenvalue weighted by Gasteiger charge is -2.11. The third-order valence-electron chi connectivity index (χ3n) is 3.07. The molecule has 0 aliphatic heterocycles.